The number of carbonyl (C=O) groups excluding carboxylic acids is 2. The number of carbonyl (C=O) groups is 2. The third kappa shape index (κ3) is 4.78. The second kappa shape index (κ2) is 9.12. The van der Waals surface area contributed by atoms with E-state index in [1.54, 1.807) is 11.8 Å². The Morgan fingerprint density at radius 3 is 2.38 bits per heavy atom. The summed E-state index contributed by atoms with van der Waals surface area (Å²) in [7, 11) is 1.84. The van der Waals surface area contributed by atoms with Crippen molar-refractivity contribution in [1.82, 2.24) is 9.80 Å². The molecule has 5 nitrogen and oxygen atoms in total. The first kappa shape index (κ1) is 20.9. The maximum absolute atomic E-state index is 13.6. The number of likely N-dealkylation sites (tertiary alicyclic amines) is 1. The molecule has 29 heavy (non-hydrogen) atoms. The Bertz CT molecular complexity index is 842. The number of hydrogen-bond acceptors (Lipinski definition) is 3. The standard InChI is InChI=1S/C24H30N2O3/c1-19-8-7-11-22(18-19)29-17-16-25(3)23(28)24(21-9-5-4-6-10-21)12-14-26(15-13-24)20(2)27/h4-11,18H,12-17H2,1-3H3. The van der Waals surface area contributed by atoms with Crippen LogP contribution in [-0.2, 0) is 15.0 Å². The van der Waals surface area contributed by atoms with Gasteiger partial charge in [0, 0.05) is 27.1 Å². The van der Waals surface area contributed by atoms with E-state index in [9.17, 15) is 9.59 Å². The number of ether oxygens (including phenoxy) is 1. The van der Waals surface area contributed by atoms with Gasteiger partial charge in [-0.2, -0.15) is 0 Å². The third-order valence-corrected chi connectivity index (χ3v) is 5.83. The molecule has 0 unspecified atom stereocenters. The van der Waals surface area contributed by atoms with Crippen LogP contribution in [0.3, 0.4) is 0 Å². The summed E-state index contributed by atoms with van der Waals surface area (Å²) in [5, 5.41) is 0. The Balaban J connectivity index is 1.70. The van der Waals surface area contributed by atoms with Crippen molar-refractivity contribution >= 4 is 11.8 Å². The Morgan fingerprint density at radius 1 is 1.07 bits per heavy atom. The topological polar surface area (TPSA) is 49.9 Å². The minimum atomic E-state index is -0.592. The van der Waals surface area contributed by atoms with Crippen molar-refractivity contribution in [2.75, 3.05) is 33.3 Å². The molecule has 0 aliphatic carbocycles. The van der Waals surface area contributed by atoms with Crippen LogP contribution in [-0.4, -0.2) is 54.9 Å². The van der Waals surface area contributed by atoms with Gasteiger partial charge in [0.25, 0.3) is 0 Å². The van der Waals surface area contributed by atoms with Crippen LogP contribution in [0, 0.1) is 6.92 Å². The highest BCUT2D eigenvalue weighted by Gasteiger charge is 2.44. The van der Waals surface area contributed by atoms with Crippen LogP contribution >= 0.6 is 0 Å². The molecule has 2 amide bonds. The van der Waals surface area contributed by atoms with Crippen molar-refractivity contribution in [3.8, 4) is 5.75 Å². The molecule has 0 aromatic heterocycles. The molecule has 0 atom stereocenters. The van der Waals surface area contributed by atoms with E-state index in [0.717, 1.165) is 16.9 Å². The second-order valence-electron chi connectivity index (χ2n) is 7.85. The summed E-state index contributed by atoms with van der Waals surface area (Å²) in [6, 6.07) is 17.9. The van der Waals surface area contributed by atoms with Gasteiger partial charge in [-0.15, -0.1) is 0 Å². The lowest BCUT2D eigenvalue weighted by molar-refractivity contribution is -0.141. The van der Waals surface area contributed by atoms with Crippen molar-refractivity contribution in [3.63, 3.8) is 0 Å². The molecule has 1 fully saturated rings. The van der Waals surface area contributed by atoms with Gasteiger partial charge in [0.1, 0.15) is 12.4 Å². The van der Waals surface area contributed by atoms with Crippen LogP contribution in [0.4, 0.5) is 0 Å². The van der Waals surface area contributed by atoms with Gasteiger partial charge in [0.2, 0.25) is 11.8 Å². The largest absolute Gasteiger partial charge is 0.492 e. The predicted molar refractivity (Wildman–Crippen MR) is 114 cm³/mol. The number of hydrogen-bond donors (Lipinski definition) is 0. The van der Waals surface area contributed by atoms with Gasteiger partial charge < -0.3 is 14.5 Å². The van der Waals surface area contributed by atoms with Crippen LogP contribution in [0.1, 0.15) is 30.9 Å². The molecule has 1 aliphatic heterocycles. The Morgan fingerprint density at radius 2 is 1.76 bits per heavy atom. The van der Waals surface area contributed by atoms with Crippen LogP contribution < -0.4 is 4.74 Å². The molecular formula is C24H30N2O3. The van der Waals surface area contributed by atoms with Gasteiger partial charge >= 0.3 is 0 Å². The van der Waals surface area contributed by atoms with Crippen LogP contribution in [0.5, 0.6) is 5.75 Å². The minimum Gasteiger partial charge on any atom is -0.492 e. The summed E-state index contributed by atoms with van der Waals surface area (Å²) >= 11 is 0. The zero-order valence-electron chi connectivity index (χ0n) is 17.6. The zero-order valence-corrected chi connectivity index (χ0v) is 17.6. The fourth-order valence-electron chi connectivity index (χ4n) is 4.06. The molecule has 0 spiro atoms. The average Bonchev–Trinajstić information content (AvgIpc) is 2.74. The first-order valence-electron chi connectivity index (χ1n) is 10.2. The van der Waals surface area contributed by atoms with Crippen molar-refractivity contribution in [1.29, 1.82) is 0 Å². The van der Waals surface area contributed by atoms with Gasteiger partial charge in [-0.1, -0.05) is 42.5 Å². The molecule has 1 heterocycles. The van der Waals surface area contributed by atoms with Gasteiger partial charge in [-0.05, 0) is 43.0 Å². The normalized spacial score (nSPS) is 15.6. The molecule has 2 aromatic rings. The number of amides is 2. The van der Waals surface area contributed by atoms with Gasteiger partial charge in [-0.25, -0.2) is 0 Å². The average molecular weight is 395 g/mol. The summed E-state index contributed by atoms with van der Waals surface area (Å²) in [5.74, 6) is 0.983. The number of rotatable bonds is 6. The maximum Gasteiger partial charge on any atom is 0.233 e. The first-order valence-corrected chi connectivity index (χ1v) is 10.2. The fourth-order valence-corrected chi connectivity index (χ4v) is 4.06. The van der Waals surface area contributed by atoms with Crippen molar-refractivity contribution in [2.24, 2.45) is 0 Å². The van der Waals surface area contributed by atoms with E-state index >= 15 is 0 Å². The Hall–Kier alpha value is -2.82. The van der Waals surface area contributed by atoms with E-state index in [4.69, 9.17) is 4.74 Å². The van der Waals surface area contributed by atoms with Gasteiger partial charge in [-0.3, -0.25) is 9.59 Å². The monoisotopic (exact) mass is 394 g/mol. The lowest BCUT2D eigenvalue weighted by atomic mass is 9.71. The number of nitrogens with zero attached hydrogens (tertiary/aromatic N) is 2. The summed E-state index contributed by atoms with van der Waals surface area (Å²) in [4.78, 5) is 28.9. The van der Waals surface area contributed by atoms with Crippen LogP contribution in [0.25, 0.3) is 0 Å². The molecule has 0 bridgehead atoms. The summed E-state index contributed by atoms with van der Waals surface area (Å²) in [6.07, 6.45) is 1.27. The molecule has 1 saturated heterocycles. The number of benzene rings is 2. The highest BCUT2D eigenvalue weighted by molar-refractivity contribution is 5.88. The van der Waals surface area contributed by atoms with E-state index in [0.29, 0.717) is 39.1 Å². The molecule has 0 saturated carbocycles. The van der Waals surface area contributed by atoms with Gasteiger partial charge in [0.05, 0.1) is 12.0 Å². The summed E-state index contributed by atoms with van der Waals surface area (Å²) in [5.41, 5.74) is 1.58. The molecular weight excluding hydrogens is 364 g/mol. The number of piperidine rings is 1. The van der Waals surface area contributed by atoms with E-state index in [2.05, 4.69) is 0 Å². The molecule has 0 radical (unpaired) electrons. The molecule has 1 aliphatic rings. The van der Waals surface area contributed by atoms with Crippen molar-refractivity contribution < 1.29 is 14.3 Å². The number of likely N-dealkylation sites (N-methyl/N-ethyl adjacent to an activating group) is 1. The highest BCUT2D eigenvalue weighted by Crippen LogP contribution is 2.37. The third-order valence-electron chi connectivity index (χ3n) is 5.83. The minimum absolute atomic E-state index is 0.0685. The maximum atomic E-state index is 13.6. The summed E-state index contributed by atoms with van der Waals surface area (Å²) < 4.78 is 5.84. The number of aryl methyl sites for hydroxylation is 1. The lowest BCUT2D eigenvalue weighted by Crippen LogP contribution is -2.53. The highest BCUT2D eigenvalue weighted by atomic mass is 16.5. The van der Waals surface area contributed by atoms with E-state index in [-0.39, 0.29) is 11.8 Å². The van der Waals surface area contributed by atoms with E-state index < -0.39 is 5.41 Å². The molecule has 5 heteroatoms. The summed E-state index contributed by atoms with van der Waals surface area (Å²) in [6.45, 7) is 5.77. The van der Waals surface area contributed by atoms with E-state index in [1.807, 2.05) is 73.5 Å². The first-order chi connectivity index (χ1) is 13.9. The van der Waals surface area contributed by atoms with Crippen LogP contribution in [0.2, 0.25) is 0 Å². The Kier molecular flexibility index (Phi) is 6.57. The second-order valence-corrected chi connectivity index (χ2v) is 7.85. The molecule has 2 aromatic carbocycles. The Labute approximate surface area is 173 Å². The van der Waals surface area contributed by atoms with Crippen LogP contribution in [0.15, 0.2) is 54.6 Å². The quantitative estimate of drug-likeness (QED) is 0.754. The molecule has 0 N–H and O–H groups in total. The van der Waals surface area contributed by atoms with Gasteiger partial charge in [0.15, 0.2) is 0 Å². The van der Waals surface area contributed by atoms with Crippen molar-refractivity contribution in [3.05, 3.63) is 65.7 Å². The SMILES string of the molecule is CC(=O)N1CCC(C(=O)N(C)CCOc2cccc(C)c2)(c2ccccc2)CC1. The smallest absolute Gasteiger partial charge is 0.233 e. The zero-order chi connectivity index (χ0) is 20.9. The van der Waals surface area contributed by atoms with E-state index in [1.165, 1.54) is 0 Å². The molecule has 3 rings (SSSR count). The fraction of sp³-hybridized carbons (Fsp3) is 0.417. The molecule has 154 valence electrons. The predicted octanol–water partition coefficient (Wildman–Crippen LogP) is 3.41. The van der Waals surface area contributed by atoms with Crippen molar-refractivity contribution in [2.45, 2.75) is 32.1 Å². The lowest BCUT2D eigenvalue weighted by Gasteiger charge is -2.42.